The lowest BCUT2D eigenvalue weighted by atomic mass is 9.94. The number of hydrogen-bond donors (Lipinski definition) is 1. The number of hydrogen-bond acceptors (Lipinski definition) is 2. The third-order valence-corrected chi connectivity index (χ3v) is 2.69. The third kappa shape index (κ3) is 3.98. The molecule has 5 heteroatoms. The van der Waals surface area contributed by atoms with E-state index in [1.807, 2.05) is 20.8 Å². The van der Waals surface area contributed by atoms with E-state index in [1.54, 1.807) is 0 Å². The molecule has 0 fully saturated rings. The molecule has 0 aliphatic heterocycles. The van der Waals surface area contributed by atoms with Gasteiger partial charge in [-0.25, -0.2) is 0 Å². The van der Waals surface area contributed by atoms with E-state index in [0.29, 0.717) is 18.9 Å². The summed E-state index contributed by atoms with van der Waals surface area (Å²) in [6.45, 7) is 6.50. The Morgan fingerprint density at radius 1 is 1.33 bits per heavy atom. The minimum atomic E-state index is -4.33. The van der Waals surface area contributed by atoms with Crippen LogP contribution in [0, 0.1) is 5.92 Å². The highest BCUT2D eigenvalue weighted by Gasteiger charge is 2.35. The molecule has 0 aliphatic rings. The van der Waals surface area contributed by atoms with Crippen LogP contribution in [0.15, 0.2) is 18.5 Å². The SMILES string of the molecule is CCNC(CC(C)C)c1cnccc1C(F)(F)F. The van der Waals surface area contributed by atoms with Gasteiger partial charge in [0, 0.05) is 18.4 Å². The maximum absolute atomic E-state index is 12.9. The van der Waals surface area contributed by atoms with Gasteiger partial charge in [-0.05, 0) is 30.5 Å². The van der Waals surface area contributed by atoms with Gasteiger partial charge in [0.1, 0.15) is 0 Å². The van der Waals surface area contributed by atoms with Gasteiger partial charge in [0.25, 0.3) is 0 Å². The fourth-order valence-electron chi connectivity index (χ4n) is 1.98. The van der Waals surface area contributed by atoms with Gasteiger partial charge in [-0.1, -0.05) is 20.8 Å². The molecule has 1 unspecified atom stereocenters. The maximum atomic E-state index is 12.9. The first-order valence-corrected chi connectivity index (χ1v) is 6.10. The van der Waals surface area contributed by atoms with Gasteiger partial charge in [0.05, 0.1) is 5.56 Å². The number of rotatable bonds is 5. The third-order valence-electron chi connectivity index (χ3n) is 2.69. The van der Waals surface area contributed by atoms with Crippen molar-refractivity contribution in [3.05, 3.63) is 29.6 Å². The number of alkyl halides is 3. The zero-order valence-corrected chi connectivity index (χ0v) is 10.9. The number of halogens is 3. The Hall–Kier alpha value is -1.10. The Balaban J connectivity index is 3.11. The summed E-state index contributed by atoms with van der Waals surface area (Å²) < 4.78 is 38.8. The van der Waals surface area contributed by atoms with Gasteiger partial charge in [-0.2, -0.15) is 13.2 Å². The second kappa shape index (κ2) is 6.18. The molecule has 1 N–H and O–H groups in total. The summed E-state index contributed by atoms with van der Waals surface area (Å²) in [4.78, 5) is 3.83. The van der Waals surface area contributed by atoms with Crippen molar-refractivity contribution < 1.29 is 13.2 Å². The molecule has 0 bridgehead atoms. The molecule has 1 aromatic rings. The molecule has 0 aliphatic carbocycles. The molecule has 1 atom stereocenters. The quantitative estimate of drug-likeness (QED) is 0.871. The van der Waals surface area contributed by atoms with E-state index in [-0.39, 0.29) is 11.6 Å². The monoisotopic (exact) mass is 260 g/mol. The minimum Gasteiger partial charge on any atom is -0.310 e. The van der Waals surface area contributed by atoms with E-state index in [1.165, 1.54) is 12.4 Å². The summed E-state index contributed by atoms with van der Waals surface area (Å²) in [5.41, 5.74) is -0.357. The van der Waals surface area contributed by atoms with Gasteiger partial charge in [-0.15, -0.1) is 0 Å². The van der Waals surface area contributed by atoms with E-state index in [4.69, 9.17) is 0 Å². The zero-order chi connectivity index (χ0) is 13.8. The van der Waals surface area contributed by atoms with Crippen LogP contribution in [-0.4, -0.2) is 11.5 Å². The number of nitrogens with one attached hydrogen (secondary N) is 1. The largest absolute Gasteiger partial charge is 0.416 e. The molecule has 1 rings (SSSR count). The van der Waals surface area contributed by atoms with Gasteiger partial charge < -0.3 is 5.32 Å². The first-order valence-electron chi connectivity index (χ1n) is 6.10. The van der Waals surface area contributed by atoms with Crippen molar-refractivity contribution in [3.63, 3.8) is 0 Å². The van der Waals surface area contributed by atoms with Crippen LogP contribution in [0.25, 0.3) is 0 Å². The summed E-state index contributed by atoms with van der Waals surface area (Å²) in [5.74, 6) is 0.315. The predicted octanol–water partition coefficient (Wildman–Crippen LogP) is 3.80. The van der Waals surface area contributed by atoms with Crippen LogP contribution in [0.5, 0.6) is 0 Å². The summed E-state index contributed by atoms with van der Waals surface area (Å²) >= 11 is 0. The fraction of sp³-hybridized carbons (Fsp3) is 0.615. The van der Waals surface area contributed by atoms with Crippen LogP contribution in [0.2, 0.25) is 0 Å². The Morgan fingerprint density at radius 2 is 2.00 bits per heavy atom. The van der Waals surface area contributed by atoms with Gasteiger partial charge in [0.2, 0.25) is 0 Å². The number of nitrogens with zero attached hydrogens (tertiary/aromatic N) is 1. The van der Waals surface area contributed by atoms with Gasteiger partial charge in [0.15, 0.2) is 0 Å². The summed E-state index contributed by atoms with van der Waals surface area (Å²) in [7, 11) is 0. The standard InChI is InChI=1S/C13H19F3N2/c1-4-18-12(7-9(2)3)10-8-17-6-5-11(10)13(14,15)16/h5-6,8-9,12,18H,4,7H2,1-3H3. The molecular weight excluding hydrogens is 241 g/mol. The first kappa shape index (κ1) is 15.0. The first-order chi connectivity index (χ1) is 8.36. The molecule has 0 saturated heterocycles. The maximum Gasteiger partial charge on any atom is 0.416 e. The summed E-state index contributed by atoms with van der Waals surface area (Å²) in [5, 5.41) is 3.10. The smallest absolute Gasteiger partial charge is 0.310 e. The van der Waals surface area contributed by atoms with E-state index in [0.717, 1.165) is 6.07 Å². The lowest BCUT2D eigenvalue weighted by Gasteiger charge is -2.23. The van der Waals surface area contributed by atoms with Crippen molar-refractivity contribution in [1.29, 1.82) is 0 Å². The molecular formula is C13H19F3N2. The van der Waals surface area contributed by atoms with Crippen LogP contribution in [0.1, 0.15) is 44.4 Å². The second-order valence-electron chi connectivity index (χ2n) is 4.70. The van der Waals surface area contributed by atoms with Gasteiger partial charge >= 0.3 is 6.18 Å². The molecule has 0 aromatic carbocycles. The molecule has 0 amide bonds. The molecule has 2 nitrogen and oxygen atoms in total. The molecule has 0 spiro atoms. The van der Waals surface area contributed by atoms with E-state index in [9.17, 15) is 13.2 Å². The van der Waals surface area contributed by atoms with Crippen molar-refractivity contribution in [3.8, 4) is 0 Å². The molecule has 1 aromatic heterocycles. The van der Waals surface area contributed by atoms with Crippen molar-refractivity contribution in [2.45, 2.75) is 39.4 Å². The highest BCUT2D eigenvalue weighted by atomic mass is 19.4. The lowest BCUT2D eigenvalue weighted by Crippen LogP contribution is -2.25. The van der Waals surface area contributed by atoms with Crippen molar-refractivity contribution in [1.82, 2.24) is 10.3 Å². The Labute approximate surface area is 106 Å². The van der Waals surface area contributed by atoms with Crippen LogP contribution >= 0.6 is 0 Å². The van der Waals surface area contributed by atoms with Gasteiger partial charge in [-0.3, -0.25) is 4.98 Å². The summed E-state index contributed by atoms with van der Waals surface area (Å²) in [6.07, 6.45) is -1.17. The minimum absolute atomic E-state index is 0.237. The second-order valence-corrected chi connectivity index (χ2v) is 4.70. The van der Waals surface area contributed by atoms with E-state index < -0.39 is 11.7 Å². The topological polar surface area (TPSA) is 24.9 Å². The highest BCUT2D eigenvalue weighted by Crippen LogP contribution is 2.35. The Morgan fingerprint density at radius 3 is 2.50 bits per heavy atom. The lowest BCUT2D eigenvalue weighted by molar-refractivity contribution is -0.138. The zero-order valence-electron chi connectivity index (χ0n) is 10.9. The molecule has 102 valence electrons. The molecule has 18 heavy (non-hydrogen) atoms. The number of aromatic nitrogens is 1. The van der Waals surface area contributed by atoms with Crippen LogP contribution in [-0.2, 0) is 6.18 Å². The van der Waals surface area contributed by atoms with Crippen molar-refractivity contribution in [2.75, 3.05) is 6.54 Å². The molecule has 1 heterocycles. The van der Waals surface area contributed by atoms with E-state index >= 15 is 0 Å². The van der Waals surface area contributed by atoms with Crippen LogP contribution in [0.3, 0.4) is 0 Å². The number of pyridine rings is 1. The average Bonchev–Trinajstić information content (AvgIpc) is 2.27. The van der Waals surface area contributed by atoms with Crippen LogP contribution in [0.4, 0.5) is 13.2 Å². The predicted molar refractivity (Wildman–Crippen MR) is 65.1 cm³/mol. The van der Waals surface area contributed by atoms with Crippen molar-refractivity contribution in [2.24, 2.45) is 5.92 Å². The Kier molecular flexibility index (Phi) is 5.14. The molecule has 0 saturated carbocycles. The Bertz CT molecular complexity index is 375. The normalized spacial score (nSPS) is 13.9. The van der Waals surface area contributed by atoms with E-state index in [2.05, 4.69) is 10.3 Å². The fourth-order valence-corrected chi connectivity index (χ4v) is 1.98. The molecule has 0 radical (unpaired) electrons. The highest BCUT2D eigenvalue weighted by molar-refractivity contribution is 5.29. The average molecular weight is 260 g/mol. The summed E-state index contributed by atoms with van der Waals surface area (Å²) in [6, 6.07) is 0.736. The van der Waals surface area contributed by atoms with Crippen LogP contribution < -0.4 is 5.32 Å². The van der Waals surface area contributed by atoms with Crippen molar-refractivity contribution >= 4 is 0 Å².